The van der Waals surface area contributed by atoms with Crippen molar-refractivity contribution in [3.63, 3.8) is 0 Å². The number of aryl methyl sites for hydroxylation is 1. The molecule has 1 N–H and O–H groups in total. The van der Waals surface area contributed by atoms with Crippen LogP contribution in [-0.2, 0) is 6.61 Å². The number of carbonyl (C=O) groups excluding carboxylic acids is 1. The van der Waals surface area contributed by atoms with Crippen molar-refractivity contribution in [1.82, 2.24) is 15.5 Å². The highest BCUT2D eigenvalue weighted by molar-refractivity contribution is 5.93. The lowest BCUT2D eigenvalue weighted by atomic mass is 10.1. The highest BCUT2D eigenvalue weighted by atomic mass is 19.4. The summed E-state index contributed by atoms with van der Waals surface area (Å²) in [5.74, 6) is -2.50. The Hall–Kier alpha value is -3.50. The molecular weight excluding hydrogens is 413 g/mol. The lowest BCUT2D eigenvalue weighted by molar-refractivity contribution is -0.123. The van der Waals surface area contributed by atoms with E-state index < -0.39 is 30.3 Å². The zero-order valence-electron chi connectivity index (χ0n) is 15.4. The van der Waals surface area contributed by atoms with Crippen LogP contribution in [0.4, 0.5) is 22.0 Å². The van der Waals surface area contributed by atoms with E-state index >= 15 is 0 Å². The number of carbonyl (C=O) groups is 1. The summed E-state index contributed by atoms with van der Waals surface area (Å²) in [6.45, 7) is 0.0659. The Morgan fingerprint density at radius 3 is 2.57 bits per heavy atom. The molecule has 11 heteroatoms. The molecule has 3 aromatic rings. The first-order valence-corrected chi connectivity index (χ1v) is 8.48. The molecule has 0 saturated carbocycles. The molecule has 2 aromatic heterocycles. The maximum Gasteiger partial charge on any atom is 0.405 e. The second kappa shape index (κ2) is 8.47. The highest BCUT2D eigenvalue weighted by Gasteiger charge is 2.28. The Bertz CT molecular complexity index is 1050. The topological polar surface area (TPSA) is 77.2 Å². The molecule has 0 aliphatic rings. The van der Waals surface area contributed by atoms with Gasteiger partial charge in [-0.15, -0.1) is 0 Å². The summed E-state index contributed by atoms with van der Waals surface area (Å²) < 4.78 is 73.7. The predicted molar refractivity (Wildman–Crippen MR) is 93.5 cm³/mol. The van der Waals surface area contributed by atoms with E-state index in [1.165, 1.54) is 18.2 Å². The number of alkyl halides is 3. The van der Waals surface area contributed by atoms with Gasteiger partial charge < -0.3 is 14.6 Å². The van der Waals surface area contributed by atoms with Crippen molar-refractivity contribution >= 4 is 5.91 Å². The van der Waals surface area contributed by atoms with E-state index in [1.807, 2.05) is 0 Å². The quantitative estimate of drug-likeness (QED) is 0.597. The smallest absolute Gasteiger partial charge is 0.405 e. The standard InChI is InChI=1S/C19H14F5N3O3/c1-10-13(17(27-30-10)11-2-4-14(20)15(21)6-11)8-29-16-5-3-12(7-25-16)18(28)26-9-19(22,23)24/h2-7H,8-9H2,1H3,(H,26,28). The van der Waals surface area contributed by atoms with Gasteiger partial charge in [0.15, 0.2) is 11.6 Å². The Morgan fingerprint density at radius 1 is 1.17 bits per heavy atom. The number of amides is 1. The monoisotopic (exact) mass is 427 g/mol. The van der Waals surface area contributed by atoms with Gasteiger partial charge in [-0.2, -0.15) is 13.2 Å². The molecule has 0 aliphatic heterocycles. The molecule has 3 rings (SSSR count). The Morgan fingerprint density at radius 2 is 1.93 bits per heavy atom. The van der Waals surface area contributed by atoms with Gasteiger partial charge in [0.05, 0.1) is 11.1 Å². The van der Waals surface area contributed by atoms with Crippen LogP contribution < -0.4 is 10.1 Å². The van der Waals surface area contributed by atoms with E-state index in [2.05, 4.69) is 10.1 Å². The molecule has 2 heterocycles. The fourth-order valence-corrected chi connectivity index (χ4v) is 2.46. The minimum atomic E-state index is -4.52. The van der Waals surface area contributed by atoms with Crippen molar-refractivity contribution in [3.8, 4) is 17.1 Å². The number of hydrogen-bond acceptors (Lipinski definition) is 5. The van der Waals surface area contributed by atoms with Crippen LogP contribution in [0.3, 0.4) is 0 Å². The van der Waals surface area contributed by atoms with Crippen molar-refractivity contribution in [2.24, 2.45) is 0 Å². The number of hydrogen-bond donors (Lipinski definition) is 1. The van der Waals surface area contributed by atoms with Gasteiger partial charge in [-0.05, 0) is 31.2 Å². The molecule has 0 saturated heterocycles. The average molecular weight is 427 g/mol. The molecule has 6 nitrogen and oxygen atoms in total. The fourth-order valence-electron chi connectivity index (χ4n) is 2.46. The molecule has 1 aromatic carbocycles. The van der Waals surface area contributed by atoms with Gasteiger partial charge in [0.2, 0.25) is 5.88 Å². The zero-order chi connectivity index (χ0) is 21.9. The number of pyridine rings is 1. The van der Waals surface area contributed by atoms with Crippen LogP contribution in [0.5, 0.6) is 5.88 Å². The van der Waals surface area contributed by atoms with Gasteiger partial charge >= 0.3 is 6.18 Å². The zero-order valence-corrected chi connectivity index (χ0v) is 15.4. The van der Waals surface area contributed by atoms with E-state index in [9.17, 15) is 26.7 Å². The van der Waals surface area contributed by atoms with E-state index in [0.717, 1.165) is 18.3 Å². The van der Waals surface area contributed by atoms with E-state index in [4.69, 9.17) is 9.26 Å². The van der Waals surface area contributed by atoms with Crippen LogP contribution in [0.15, 0.2) is 41.1 Å². The molecule has 30 heavy (non-hydrogen) atoms. The Kier molecular flexibility index (Phi) is 5.99. The third kappa shape index (κ3) is 5.10. The van der Waals surface area contributed by atoms with Gasteiger partial charge in [0.1, 0.15) is 24.6 Å². The molecule has 0 radical (unpaired) electrons. The molecule has 1 amide bonds. The van der Waals surface area contributed by atoms with Crippen LogP contribution in [0, 0.1) is 18.6 Å². The summed E-state index contributed by atoms with van der Waals surface area (Å²) in [6, 6.07) is 5.84. The van der Waals surface area contributed by atoms with Crippen LogP contribution in [-0.4, -0.2) is 28.8 Å². The van der Waals surface area contributed by atoms with E-state index in [1.54, 1.807) is 12.2 Å². The molecule has 0 unspecified atom stereocenters. The van der Waals surface area contributed by atoms with Crippen LogP contribution in [0.25, 0.3) is 11.3 Å². The minimum absolute atomic E-state index is 0.0739. The molecule has 0 bridgehead atoms. The van der Waals surface area contributed by atoms with Crippen LogP contribution in [0.1, 0.15) is 21.7 Å². The van der Waals surface area contributed by atoms with Crippen molar-refractivity contribution in [2.45, 2.75) is 19.7 Å². The maximum atomic E-state index is 13.5. The first kappa shape index (κ1) is 21.2. The van der Waals surface area contributed by atoms with Crippen molar-refractivity contribution in [1.29, 1.82) is 0 Å². The largest absolute Gasteiger partial charge is 0.473 e. The Labute approximate surface area is 166 Å². The summed E-state index contributed by atoms with van der Waals surface area (Å²) in [4.78, 5) is 15.6. The molecule has 0 atom stereocenters. The van der Waals surface area contributed by atoms with E-state index in [0.29, 0.717) is 11.3 Å². The van der Waals surface area contributed by atoms with Gasteiger partial charge in [-0.1, -0.05) is 5.16 Å². The second-order valence-corrected chi connectivity index (χ2v) is 6.17. The number of nitrogens with one attached hydrogen (secondary N) is 1. The first-order chi connectivity index (χ1) is 14.1. The van der Waals surface area contributed by atoms with Gasteiger partial charge in [0.25, 0.3) is 5.91 Å². The summed E-state index contributed by atoms with van der Waals surface area (Å²) in [7, 11) is 0. The third-order valence-corrected chi connectivity index (χ3v) is 3.99. The fraction of sp³-hybridized carbons (Fsp3) is 0.211. The van der Waals surface area contributed by atoms with Crippen molar-refractivity contribution in [2.75, 3.05) is 6.54 Å². The van der Waals surface area contributed by atoms with E-state index in [-0.39, 0.29) is 29.3 Å². The summed E-state index contributed by atoms with van der Waals surface area (Å²) in [5, 5.41) is 5.57. The van der Waals surface area contributed by atoms with Gasteiger partial charge in [-0.25, -0.2) is 13.8 Å². The number of halogens is 5. The maximum absolute atomic E-state index is 13.5. The average Bonchev–Trinajstić information content (AvgIpc) is 3.07. The number of rotatable bonds is 6. The first-order valence-electron chi connectivity index (χ1n) is 8.48. The van der Waals surface area contributed by atoms with Crippen LogP contribution >= 0.6 is 0 Å². The number of aromatic nitrogens is 2. The molecule has 158 valence electrons. The summed E-state index contributed by atoms with van der Waals surface area (Å²) in [6.07, 6.45) is -3.45. The molecule has 0 spiro atoms. The lowest BCUT2D eigenvalue weighted by Gasteiger charge is -2.09. The summed E-state index contributed by atoms with van der Waals surface area (Å²) in [5.41, 5.74) is 0.939. The lowest BCUT2D eigenvalue weighted by Crippen LogP contribution is -2.33. The molecule has 0 aliphatic carbocycles. The second-order valence-electron chi connectivity index (χ2n) is 6.17. The van der Waals surface area contributed by atoms with Crippen molar-refractivity contribution in [3.05, 3.63) is 65.1 Å². The van der Waals surface area contributed by atoms with Crippen LogP contribution in [0.2, 0.25) is 0 Å². The minimum Gasteiger partial charge on any atom is -0.473 e. The number of benzene rings is 1. The summed E-state index contributed by atoms with van der Waals surface area (Å²) >= 11 is 0. The Balaban J connectivity index is 1.68. The highest BCUT2D eigenvalue weighted by Crippen LogP contribution is 2.27. The number of ether oxygens (including phenoxy) is 1. The molecular formula is C19H14F5N3O3. The van der Waals surface area contributed by atoms with Gasteiger partial charge in [-0.3, -0.25) is 4.79 Å². The van der Waals surface area contributed by atoms with Crippen molar-refractivity contribution < 1.29 is 36.0 Å². The SMILES string of the molecule is Cc1onc(-c2ccc(F)c(F)c2)c1COc1ccc(C(=O)NCC(F)(F)F)cn1. The van der Waals surface area contributed by atoms with Gasteiger partial charge in [0, 0.05) is 17.8 Å². The normalized spacial score (nSPS) is 11.4. The predicted octanol–water partition coefficient (Wildman–Crippen LogP) is 4.19. The third-order valence-electron chi connectivity index (χ3n) is 3.99. The number of nitrogens with zero attached hydrogens (tertiary/aromatic N) is 2. The molecule has 0 fully saturated rings.